The molecule has 1 aromatic heterocycles. The predicted molar refractivity (Wildman–Crippen MR) is 75.2 cm³/mol. The van der Waals surface area contributed by atoms with E-state index < -0.39 is 0 Å². The monoisotopic (exact) mass is 308 g/mol. The fourth-order valence-electron chi connectivity index (χ4n) is 1.54. The molecule has 0 aliphatic carbocycles. The molecule has 2 rings (SSSR count). The van der Waals surface area contributed by atoms with Gasteiger partial charge in [-0.05, 0) is 30.7 Å². The minimum absolute atomic E-state index is 0.309. The normalized spacial score (nSPS) is 10.2. The van der Waals surface area contributed by atoms with Crippen LogP contribution in [0.2, 0.25) is 0 Å². The van der Waals surface area contributed by atoms with E-state index >= 15 is 0 Å². The smallest absolute Gasteiger partial charge is 0.204 e. The molecular formula is C12H13BrN4O. The van der Waals surface area contributed by atoms with E-state index in [4.69, 9.17) is 10.5 Å². The van der Waals surface area contributed by atoms with Crippen LogP contribution in [0, 0.1) is 6.92 Å². The van der Waals surface area contributed by atoms with Gasteiger partial charge in [-0.3, -0.25) is 0 Å². The van der Waals surface area contributed by atoms with E-state index in [9.17, 15) is 0 Å². The van der Waals surface area contributed by atoms with E-state index in [1.807, 2.05) is 25.1 Å². The lowest BCUT2D eigenvalue weighted by Crippen LogP contribution is -2.02. The number of methoxy groups -OCH3 is 1. The maximum atomic E-state index is 5.72. The third kappa shape index (κ3) is 2.53. The fraction of sp³-hybridized carbons (Fsp3) is 0.167. The Morgan fingerprint density at radius 3 is 2.78 bits per heavy atom. The van der Waals surface area contributed by atoms with E-state index in [-0.39, 0.29) is 0 Å². The van der Waals surface area contributed by atoms with Crippen molar-refractivity contribution in [2.45, 2.75) is 6.92 Å². The second-order valence-corrected chi connectivity index (χ2v) is 4.58. The van der Waals surface area contributed by atoms with Crippen LogP contribution in [0.3, 0.4) is 0 Å². The Morgan fingerprint density at radius 1 is 1.33 bits per heavy atom. The number of aromatic nitrogens is 2. The second-order valence-electron chi connectivity index (χ2n) is 3.73. The zero-order chi connectivity index (χ0) is 13.1. The average Bonchev–Trinajstić information content (AvgIpc) is 2.34. The first kappa shape index (κ1) is 12.6. The molecule has 0 fully saturated rings. The lowest BCUT2D eigenvalue weighted by atomic mass is 10.2. The first-order valence-corrected chi connectivity index (χ1v) is 6.08. The van der Waals surface area contributed by atoms with Crippen molar-refractivity contribution in [2.24, 2.45) is 0 Å². The van der Waals surface area contributed by atoms with Crippen LogP contribution in [-0.4, -0.2) is 17.1 Å². The van der Waals surface area contributed by atoms with E-state index in [0.717, 1.165) is 15.7 Å². The third-order valence-electron chi connectivity index (χ3n) is 2.46. The summed E-state index contributed by atoms with van der Waals surface area (Å²) >= 11 is 3.46. The number of hydrogen-bond acceptors (Lipinski definition) is 5. The van der Waals surface area contributed by atoms with Gasteiger partial charge in [-0.2, -0.15) is 0 Å². The topological polar surface area (TPSA) is 73.1 Å². The summed E-state index contributed by atoms with van der Waals surface area (Å²) in [6, 6.07) is 5.91. The Labute approximate surface area is 114 Å². The lowest BCUT2D eigenvalue weighted by molar-refractivity contribution is 0.415. The maximum Gasteiger partial charge on any atom is 0.204 e. The molecule has 2 aromatic rings. The number of nitrogens with zero attached hydrogens (tertiary/aromatic N) is 2. The minimum atomic E-state index is 0.309. The van der Waals surface area contributed by atoms with Gasteiger partial charge in [0.15, 0.2) is 11.6 Å². The van der Waals surface area contributed by atoms with Crippen molar-refractivity contribution in [1.29, 1.82) is 0 Å². The van der Waals surface area contributed by atoms with E-state index in [0.29, 0.717) is 17.4 Å². The van der Waals surface area contributed by atoms with Crippen LogP contribution >= 0.6 is 15.9 Å². The molecule has 0 spiro atoms. The van der Waals surface area contributed by atoms with E-state index in [1.54, 1.807) is 0 Å². The van der Waals surface area contributed by atoms with Crippen LogP contribution in [-0.2, 0) is 0 Å². The number of nitrogens with two attached hydrogens (primary N) is 1. The first-order valence-electron chi connectivity index (χ1n) is 5.29. The number of nitrogens with one attached hydrogen (secondary N) is 1. The number of aryl methyl sites for hydroxylation is 1. The number of hydrogen-bond donors (Lipinski definition) is 2. The minimum Gasteiger partial charge on any atom is -0.490 e. The van der Waals surface area contributed by atoms with Crippen LogP contribution in [0.5, 0.6) is 5.75 Å². The highest BCUT2D eigenvalue weighted by Crippen LogP contribution is 2.30. The Bertz CT molecular complexity index is 574. The quantitative estimate of drug-likeness (QED) is 0.912. The number of anilines is 3. The Balaban J connectivity index is 2.34. The van der Waals surface area contributed by atoms with Gasteiger partial charge in [0.25, 0.3) is 0 Å². The number of benzene rings is 1. The molecule has 0 aliphatic heterocycles. The van der Waals surface area contributed by atoms with Gasteiger partial charge in [0, 0.05) is 10.2 Å². The first-order chi connectivity index (χ1) is 8.61. The molecule has 18 heavy (non-hydrogen) atoms. The molecule has 0 bridgehead atoms. The zero-order valence-corrected chi connectivity index (χ0v) is 11.7. The molecule has 0 amide bonds. The van der Waals surface area contributed by atoms with Crippen molar-refractivity contribution in [3.63, 3.8) is 0 Å². The molecule has 0 atom stereocenters. The van der Waals surface area contributed by atoms with Crippen molar-refractivity contribution in [2.75, 3.05) is 18.2 Å². The molecule has 3 N–H and O–H groups in total. The third-order valence-corrected chi connectivity index (χ3v) is 3.35. The van der Waals surface area contributed by atoms with Gasteiger partial charge in [0.1, 0.15) is 6.33 Å². The zero-order valence-electron chi connectivity index (χ0n) is 10.1. The molecule has 1 heterocycles. The molecule has 0 aliphatic rings. The van der Waals surface area contributed by atoms with Crippen LogP contribution in [0.4, 0.5) is 17.3 Å². The summed E-state index contributed by atoms with van der Waals surface area (Å²) < 4.78 is 6.24. The number of rotatable bonds is 3. The summed E-state index contributed by atoms with van der Waals surface area (Å²) in [5.74, 6) is 1.30. The van der Waals surface area contributed by atoms with Crippen molar-refractivity contribution < 1.29 is 4.74 Å². The fourth-order valence-corrected chi connectivity index (χ4v) is 1.78. The van der Waals surface area contributed by atoms with Gasteiger partial charge in [-0.1, -0.05) is 15.9 Å². The van der Waals surface area contributed by atoms with E-state index in [1.165, 1.54) is 13.4 Å². The number of halogens is 1. The summed E-state index contributed by atoms with van der Waals surface area (Å²) in [5.41, 5.74) is 7.75. The van der Waals surface area contributed by atoms with Gasteiger partial charge in [-0.15, -0.1) is 0 Å². The molecule has 0 unspecified atom stereocenters. The van der Waals surface area contributed by atoms with Crippen molar-refractivity contribution in [3.05, 3.63) is 34.6 Å². The Morgan fingerprint density at radius 2 is 2.11 bits per heavy atom. The van der Waals surface area contributed by atoms with Crippen LogP contribution < -0.4 is 15.8 Å². The van der Waals surface area contributed by atoms with Crippen LogP contribution in [0.25, 0.3) is 0 Å². The molecule has 0 saturated heterocycles. The maximum absolute atomic E-state index is 5.72. The summed E-state index contributed by atoms with van der Waals surface area (Å²) in [7, 11) is 1.53. The highest BCUT2D eigenvalue weighted by molar-refractivity contribution is 9.10. The van der Waals surface area contributed by atoms with Gasteiger partial charge in [0.05, 0.1) is 7.11 Å². The van der Waals surface area contributed by atoms with Crippen molar-refractivity contribution in [3.8, 4) is 5.75 Å². The second kappa shape index (κ2) is 5.22. The summed E-state index contributed by atoms with van der Waals surface area (Å²) in [6.45, 7) is 2.01. The highest BCUT2D eigenvalue weighted by atomic mass is 79.9. The summed E-state index contributed by atoms with van der Waals surface area (Å²) in [6.07, 6.45) is 1.39. The predicted octanol–water partition coefficient (Wildman–Crippen LogP) is 2.88. The standard InChI is InChI=1S/C12H13BrN4O/c1-7-5-8(3-4-9(7)13)17-12-10(18-2)11(14)15-6-16-12/h3-6H,1-2H3,(H3,14,15,16,17). The van der Waals surface area contributed by atoms with Crippen LogP contribution in [0.15, 0.2) is 29.0 Å². The molecule has 6 heteroatoms. The number of ether oxygens (including phenoxy) is 1. The Hall–Kier alpha value is -1.82. The lowest BCUT2D eigenvalue weighted by Gasteiger charge is -2.11. The van der Waals surface area contributed by atoms with Gasteiger partial charge in [-0.25, -0.2) is 9.97 Å². The largest absolute Gasteiger partial charge is 0.490 e. The average molecular weight is 309 g/mol. The van der Waals surface area contributed by atoms with Gasteiger partial charge < -0.3 is 15.8 Å². The molecule has 94 valence electrons. The Kier molecular flexibility index (Phi) is 3.66. The van der Waals surface area contributed by atoms with Crippen molar-refractivity contribution >= 4 is 33.3 Å². The van der Waals surface area contributed by atoms with Crippen LogP contribution in [0.1, 0.15) is 5.56 Å². The molecular weight excluding hydrogens is 296 g/mol. The highest BCUT2D eigenvalue weighted by Gasteiger charge is 2.09. The van der Waals surface area contributed by atoms with E-state index in [2.05, 4.69) is 31.2 Å². The van der Waals surface area contributed by atoms with Gasteiger partial charge in [0.2, 0.25) is 5.75 Å². The molecule has 0 saturated carbocycles. The summed E-state index contributed by atoms with van der Waals surface area (Å²) in [5, 5.41) is 3.16. The molecule has 1 aromatic carbocycles. The van der Waals surface area contributed by atoms with Crippen molar-refractivity contribution in [1.82, 2.24) is 9.97 Å². The SMILES string of the molecule is COc1c(N)ncnc1Nc1ccc(Br)c(C)c1. The number of nitrogen functional groups attached to an aromatic ring is 1. The molecule has 5 nitrogen and oxygen atoms in total. The molecule has 0 radical (unpaired) electrons. The van der Waals surface area contributed by atoms with Gasteiger partial charge >= 0.3 is 0 Å². The summed E-state index contributed by atoms with van der Waals surface area (Å²) in [4.78, 5) is 8.00.